The summed E-state index contributed by atoms with van der Waals surface area (Å²) in [5, 5.41) is 13.0. The molecule has 0 aliphatic rings. The molecular formula is C12H15Cl2NO2. The van der Waals surface area contributed by atoms with Gasteiger partial charge in [-0.2, -0.15) is 0 Å². The first-order chi connectivity index (χ1) is 7.99. The normalized spacial score (nSPS) is 12.4. The maximum absolute atomic E-state index is 10.5. The maximum atomic E-state index is 10.5. The van der Waals surface area contributed by atoms with Crippen LogP contribution in [0.15, 0.2) is 18.2 Å². The van der Waals surface area contributed by atoms with Crippen molar-refractivity contribution in [1.82, 2.24) is 5.32 Å². The van der Waals surface area contributed by atoms with Gasteiger partial charge in [0.15, 0.2) is 0 Å². The standard InChI is InChI=1S/C12H15Cl2NO2/c1-8(6-12(16)17)15-5-4-9-2-3-10(13)7-11(9)14/h2-3,7-8,15H,4-6H2,1H3,(H,16,17). The van der Waals surface area contributed by atoms with Gasteiger partial charge in [0.05, 0.1) is 6.42 Å². The summed E-state index contributed by atoms with van der Waals surface area (Å²) in [6.45, 7) is 2.54. The SMILES string of the molecule is CC(CC(=O)O)NCCc1ccc(Cl)cc1Cl. The lowest BCUT2D eigenvalue weighted by molar-refractivity contribution is -0.137. The van der Waals surface area contributed by atoms with E-state index in [4.69, 9.17) is 28.3 Å². The van der Waals surface area contributed by atoms with Gasteiger partial charge in [0.1, 0.15) is 0 Å². The minimum atomic E-state index is -0.797. The fraction of sp³-hybridized carbons (Fsp3) is 0.417. The Morgan fingerprint density at radius 2 is 2.18 bits per heavy atom. The van der Waals surface area contributed by atoms with E-state index in [2.05, 4.69) is 5.32 Å². The molecule has 1 unspecified atom stereocenters. The molecule has 0 radical (unpaired) electrons. The van der Waals surface area contributed by atoms with Gasteiger partial charge in [0, 0.05) is 16.1 Å². The number of carbonyl (C=O) groups is 1. The van der Waals surface area contributed by atoms with Crippen molar-refractivity contribution < 1.29 is 9.90 Å². The van der Waals surface area contributed by atoms with Crippen molar-refractivity contribution in [2.45, 2.75) is 25.8 Å². The molecule has 0 fully saturated rings. The predicted octanol–water partition coefficient (Wildman–Crippen LogP) is 2.99. The van der Waals surface area contributed by atoms with Gasteiger partial charge < -0.3 is 10.4 Å². The van der Waals surface area contributed by atoms with E-state index < -0.39 is 5.97 Å². The van der Waals surface area contributed by atoms with Crippen LogP contribution in [0.25, 0.3) is 0 Å². The highest BCUT2D eigenvalue weighted by atomic mass is 35.5. The highest BCUT2D eigenvalue weighted by molar-refractivity contribution is 6.35. The number of rotatable bonds is 6. The maximum Gasteiger partial charge on any atom is 0.304 e. The Bertz CT molecular complexity index is 396. The molecule has 0 saturated heterocycles. The molecule has 2 N–H and O–H groups in total. The first-order valence-corrected chi connectivity index (χ1v) is 6.13. The summed E-state index contributed by atoms with van der Waals surface area (Å²) in [7, 11) is 0. The van der Waals surface area contributed by atoms with Crippen LogP contribution in [0.1, 0.15) is 18.9 Å². The van der Waals surface area contributed by atoms with Gasteiger partial charge in [0.25, 0.3) is 0 Å². The third-order valence-corrected chi connectivity index (χ3v) is 2.97. The molecule has 0 heterocycles. The summed E-state index contributed by atoms with van der Waals surface area (Å²) in [6.07, 6.45) is 0.869. The molecule has 1 rings (SSSR count). The van der Waals surface area contributed by atoms with Gasteiger partial charge in [-0.25, -0.2) is 0 Å². The molecule has 5 heteroatoms. The fourth-order valence-corrected chi connectivity index (χ4v) is 2.01. The van der Waals surface area contributed by atoms with Crippen LogP contribution in [-0.2, 0) is 11.2 Å². The first kappa shape index (κ1) is 14.3. The largest absolute Gasteiger partial charge is 0.481 e. The number of carboxylic acid groups (broad SMARTS) is 1. The highest BCUT2D eigenvalue weighted by Crippen LogP contribution is 2.21. The molecule has 0 amide bonds. The van der Waals surface area contributed by atoms with E-state index in [0.717, 1.165) is 12.0 Å². The fourth-order valence-electron chi connectivity index (χ4n) is 1.51. The summed E-state index contributed by atoms with van der Waals surface area (Å²) in [5.74, 6) is -0.797. The van der Waals surface area contributed by atoms with Gasteiger partial charge in [-0.15, -0.1) is 0 Å². The van der Waals surface area contributed by atoms with Crippen LogP contribution in [-0.4, -0.2) is 23.7 Å². The summed E-state index contributed by atoms with van der Waals surface area (Å²) in [5.41, 5.74) is 1.01. The van der Waals surface area contributed by atoms with Crippen LogP contribution in [0.4, 0.5) is 0 Å². The first-order valence-electron chi connectivity index (χ1n) is 5.38. The molecule has 0 aromatic heterocycles. The lowest BCUT2D eigenvalue weighted by Crippen LogP contribution is -2.30. The zero-order valence-electron chi connectivity index (χ0n) is 9.54. The van der Waals surface area contributed by atoms with E-state index in [-0.39, 0.29) is 12.5 Å². The van der Waals surface area contributed by atoms with Crippen LogP contribution in [0.5, 0.6) is 0 Å². The minimum absolute atomic E-state index is 0.0430. The molecular weight excluding hydrogens is 261 g/mol. The molecule has 17 heavy (non-hydrogen) atoms. The Morgan fingerprint density at radius 1 is 1.47 bits per heavy atom. The summed E-state index contributed by atoms with van der Waals surface area (Å²) in [4.78, 5) is 10.5. The topological polar surface area (TPSA) is 49.3 Å². The molecule has 0 aliphatic heterocycles. The minimum Gasteiger partial charge on any atom is -0.481 e. The highest BCUT2D eigenvalue weighted by Gasteiger charge is 2.07. The number of nitrogens with one attached hydrogen (secondary N) is 1. The van der Waals surface area contributed by atoms with E-state index in [1.54, 1.807) is 12.1 Å². The zero-order valence-corrected chi connectivity index (χ0v) is 11.1. The molecule has 94 valence electrons. The average Bonchev–Trinajstić information content (AvgIpc) is 2.20. The number of halogens is 2. The summed E-state index contributed by atoms with van der Waals surface area (Å²) < 4.78 is 0. The van der Waals surface area contributed by atoms with Crippen LogP contribution in [0.3, 0.4) is 0 Å². The second-order valence-electron chi connectivity index (χ2n) is 3.94. The molecule has 0 aliphatic carbocycles. The van der Waals surface area contributed by atoms with Gasteiger partial charge in [-0.1, -0.05) is 29.3 Å². The van der Waals surface area contributed by atoms with Crippen LogP contribution in [0.2, 0.25) is 10.0 Å². The van der Waals surface area contributed by atoms with Crippen molar-refractivity contribution in [2.75, 3.05) is 6.54 Å². The van der Waals surface area contributed by atoms with E-state index in [0.29, 0.717) is 16.6 Å². The molecule has 3 nitrogen and oxygen atoms in total. The quantitative estimate of drug-likeness (QED) is 0.839. The van der Waals surface area contributed by atoms with Gasteiger partial charge in [0.2, 0.25) is 0 Å². The van der Waals surface area contributed by atoms with Crippen molar-refractivity contribution in [3.63, 3.8) is 0 Å². The van der Waals surface area contributed by atoms with E-state index in [1.807, 2.05) is 13.0 Å². The van der Waals surface area contributed by atoms with Gasteiger partial charge >= 0.3 is 5.97 Å². The lowest BCUT2D eigenvalue weighted by atomic mass is 10.1. The van der Waals surface area contributed by atoms with E-state index in [1.165, 1.54) is 0 Å². The lowest BCUT2D eigenvalue weighted by Gasteiger charge is -2.11. The van der Waals surface area contributed by atoms with Crippen LogP contribution < -0.4 is 5.32 Å². The van der Waals surface area contributed by atoms with Crippen molar-refractivity contribution in [3.8, 4) is 0 Å². The zero-order chi connectivity index (χ0) is 12.8. The molecule has 1 atom stereocenters. The number of benzene rings is 1. The average molecular weight is 276 g/mol. The van der Waals surface area contributed by atoms with Crippen LogP contribution in [0, 0.1) is 0 Å². The Labute approximate surface area is 111 Å². The van der Waals surface area contributed by atoms with Crippen molar-refractivity contribution in [3.05, 3.63) is 33.8 Å². The molecule has 0 saturated carbocycles. The number of hydrogen-bond donors (Lipinski definition) is 2. The Hall–Kier alpha value is -0.770. The number of aliphatic carboxylic acids is 1. The molecule has 1 aromatic rings. The van der Waals surface area contributed by atoms with Crippen molar-refractivity contribution in [1.29, 1.82) is 0 Å². The Morgan fingerprint density at radius 3 is 2.76 bits per heavy atom. The van der Waals surface area contributed by atoms with E-state index in [9.17, 15) is 4.79 Å². The second-order valence-corrected chi connectivity index (χ2v) is 4.78. The Balaban J connectivity index is 2.38. The van der Waals surface area contributed by atoms with Gasteiger partial charge in [-0.3, -0.25) is 4.79 Å². The van der Waals surface area contributed by atoms with Crippen LogP contribution >= 0.6 is 23.2 Å². The Kier molecular flexibility index (Phi) is 5.75. The monoisotopic (exact) mass is 275 g/mol. The predicted molar refractivity (Wildman–Crippen MR) is 69.9 cm³/mol. The van der Waals surface area contributed by atoms with Gasteiger partial charge in [-0.05, 0) is 37.6 Å². The number of hydrogen-bond acceptors (Lipinski definition) is 2. The van der Waals surface area contributed by atoms with E-state index >= 15 is 0 Å². The smallest absolute Gasteiger partial charge is 0.304 e. The van der Waals surface area contributed by atoms with Crippen molar-refractivity contribution >= 4 is 29.2 Å². The third-order valence-electron chi connectivity index (χ3n) is 2.38. The number of carboxylic acids is 1. The second kappa shape index (κ2) is 6.84. The molecule has 0 spiro atoms. The summed E-state index contributed by atoms with van der Waals surface area (Å²) in [6, 6.07) is 5.34. The third kappa shape index (κ3) is 5.39. The summed E-state index contributed by atoms with van der Waals surface area (Å²) >= 11 is 11.8. The molecule has 0 bridgehead atoms. The molecule has 1 aromatic carbocycles. The van der Waals surface area contributed by atoms with Crippen molar-refractivity contribution in [2.24, 2.45) is 0 Å².